The summed E-state index contributed by atoms with van der Waals surface area (Å²) in [5, 5.41) is 18.6. The van der Waals surface area contributed by atoms with E-state index in [-0.39, 0.29) is 23.6 Å². The van der Waals surface area contributed by atoms with Gasteiger partial charge in [-0.05, 0) is 57.4 Å². The molecule has 3 N–H and O–H groups in total. The van der Waals surface area contributed by atoms with Crippen LogP contribution in [0.25, 0.3) is 0 Å². The van der Waals surface area contributed by atoms with Crippen LogP contribution in [-0.2, 0) is 14.4 Å². The Balaban J connectivity index is 1.43. The van der Waals surface area contributed by atoms with Gasteiger partial charge < -0.3 is 20.9 Å². The van der Waals surface area contributed by atoms with Crippen molar-refractivity contribution in [1.82, 2.24) is 20.9 Å². The van der Waals surface area contributed by atoms with Crippen LogP contribution in [0.2, 0.25) is 0 Å². The number of carbonyl (C=O) groups excluding carboxylic acids is 3. The quantitative estimate of drug-likeness (QED) is 0.573. The number of hydrogen-bond acceptors (Lipinski definition) is 5. The fourth-order valence-electron chi connectivity index (χ4n) is 5.07. The molecule has 4 rings (SSSR count). The van der Waals surface area contributed by atoms with Crippen LogP contribution in [0, 0.1) is 23.2 Å². The zero-order valence-corrected chi connectivity index (χ0v) is 16.9. The normalized spacial score (nSPS) is 31.4. The van der Waals surface area contributed by atoms with Gasteiger partial charge in [-0.1, -0.05) is 12.8 Å². The van der Waals surface area contributed by atoms with E-state index in [1.54, 1.807) is 4.90 Å². The number of nitrogens with zero attached hydrogens (tertiary/aromatic N) is 2. The summed E-state index contributed by atoms with van der Waals surface area (Å²) in [5.74, 6) is -0.000623. The van der Waals surface area contributed by atoms with Crippen LogP contribution in [0.1, 0.15) is 57.8 Å². The van der Waals surface area contributed by atoms with Crippen molar-refractivity contribution in [1.29, 1.82) is 5.26 Å². The summed E-state index contributed by atoms with van der Waals surface area (Å²) >= 11 is 0. The van der Waals surface area contributed by atoms with Gasteiger partial charge in [0.1, 0.15) is 12.1 Å². The summed E-state index contributed by atoms with van der Waals surface area (Å²) in [4.78, 5) is 40.0. The lowest BCUT2D eigenvalue weighted by molar-refractivity contribution is -0.142. The molecule has 29 heavy (non-hydrogen) atoms. The molecule has 158 valence electrons. The lowest BCUT2D eigenvalue weighted by Gasteiger charge is -2.35. The van der Waals surface area contributed by atoms with Gasteiger partial charge in [-0.15, -0.1) is 0 Å². The molecule has 0 radical (unpaired) electrons. The van der Waals surface area contributed by atoms with Crippen LogP contribution < -0.4 is 16.0 Å². The van der Waals surface area contributed by atoms with Gasteiger partial charge in [0.05, 0.1) is 11.6 Å². The summed E-state index contributed by atoms with van der Waals surface area (Å²) < 4.78 is 0. The van der Waals surface area contributed by atoms with Crippen LogP contribution in [0.5, 0.6) is 0 Å². The number of carbonyl (C=O) groups is 3. The van der Waals surface area contributed by atoms with E-state index in [2.05, 4.69) is 22.0 Å². The number of amides is 3. The van der Waals surface area contributed by atoms with Crippen molar-refractivity contribution in [2.45, 2.75) is 75.4 Å². The first kappa shape index (κ1) is 20.1. The second-order valence-corrected chi connectivity index (χ2v) is 9.11. The van der Waals surface area contributed by atoms with Crippen molar-refractivity contribution in [3.63, 3.8) is 0 Å². The molecule has 1 aliphatic carbocycles. The Hall–Kier alpha value is -2.14. The summed E-state index contributed by atoms with van der Waals surface area (Å²) in [7, 11) is 0. The molecule has 4 fully saturated rings. The number of piperidine rings is 1. The largest absolute Gasteiger partial charge is 0.356 e. The number of nitrogens with one attached hydrogen (secondary N) is 3. The third-order valence-electron chi connectivity index (χ3n) is 7.03. The standard InChI is InChI=1S/C21H31N5O3/c22-13-16(12-15-5-9-23-18(15)27)25-19(28)17(11-14-3-4-14)26-10-7-21(20(26)29)6-1-2-8-24-21/h14-17,24H,1-12H2,(H,23,27)(H,25,28)/t15-,16?,17+,21?/m0/s1. The molecule has 0 aromatic rings. The topological polar surface area (TPSA) is 114 Å². The second kappa shape index (κ2) is 8.31. The number of rotatable bonds is 7. The fourth-order valence-corrected chi connectivity index (χ4v) is 5.07. The summed E-state index contributed by atoms with van der Waals surface area (Å²) in [5.41, 5.74) is -0.503. The van der Waals surface area contributed by atoms with Gasteiger partial charge in [-0.2, -0.15) is 5.26 Å². The molecule has 4 aliphatic rings. The Morgan fingerprint density at radius 3 is 2.66 bits per heavy atom. The lowest BCUT2D eigenvalue weighted by Crippen LogP contribution is -2.57. The Bertz CT molecular complexity index is 708. The Morgan fingerprint density at radius 2 is 2.03 bits per heavy atom. The highest BCUT2D eigenvalue weighted by Gasteiger charge is 2.50. The van der Waals surface area contributed by atoms with E-state index >= 15 is 0 Å². The zero-order valence-electron chi connectivity index (χ0n) is 16.9. The van der Waals surface area contributed by atoms with Crippen molar-refractivity contribution in [3.8, 4) is 6.07 Å². The van der Waals surface area contributed by atoms with Crippen molar-refractivity contribution >= 4 is 17.7 Å². The Labute approximate surface area is 171 Å². The van der Waals surface area contributed by atoms with Gasteiger partial charge in [-0.25, -0.2) is 0 Å². The third-order valence-corrected chi connectivity index (χ3v) is 7.03. The van der Waals surface area contributed by atoms with Gasteiger partial charge in [-0.3, -0.25) is 14.4 Å². The first-order valence-electron chi connectivity index (χ1n) is 11.1. The number of likely N-dealkylation sites (tertiary alicyclic amines) is 1. The molecule has 8 heteroatoms. The SMILES string of the molecule is N#CC(C[C@@H]1CCNC1=O)NC(=O)[C@@H](CC1CC1)N1CCC2(CCCCN2)C1=O. The third kappa shape index (κ3) is 4.25. The summed E-state index contributed by atoms with van der Waals surface area (Å²) in [6, 6.07) is 0.903. The summed E-state index contributed by atoms with van der Waals surface area (Å²) in [6.45, 7) is 2.05. The molecule has 3 aliphatic heterocycles. The van der Waals surface area contributed by atoms with Crippen LogP contribution in [-0.4, -0.2) is 59.9 Å². The highest BCUT2D eigenvalue weighted by atomic mass is 16.2. The van der Waals surface area contributed by atoms with Crippen LogP contribution in [0.15, 0.2) is 0 Å². The molecule has 1 saturated carbocycles. The number of hydrogen-bond donors (Lipinski definition) is 3. The first-order chi connectivity index (χ1) is 14.0. The molecular formula is C21H31N5O3. The Morgan fingerprint density at radius 1 is 1.21 bits per heavy atom. The van der Waals surface area contributed by atoms with Crippen molar-refractivity contribution in [3.05, 3.63) is 0 Å². The van der Waals surface area contributed by atoms with Gasteiger partial charge in [0, 0.05) is 19.0 Å². The van der Waals surface area contributed by atoms with E-state index in [1.165, 1.54) is 0 Å². The molecule has 3 saturated heterocycles. The van der Waals surface area contributed by atoms with Gasteiger partial charge in [0.25, 0.3) is 0 Å². The maximum atomic E-state index is 13.3. The van der Waals surface area contributed by atoms with Gasteiger partial charge in [0.15, 0.2) is 0 Å². The predicted molar refractivity (Wildman–Crippen MR) is 105 cm³/mol. The summed E-state index contributed by atoms with van der Waals surface area (Å²) in [6.07, 6.45) is 7.56. The van der Waals surface area contributed by atoms with E-state index in [9.17, 15) is 19.6 Å². The average molecular weight is 402 g/mol. The maximum absolute atomic E-state index is 13.3. The van der Waals surface area contributed by atoms with Crippen LogP contribution >= 0.6 is 0 Å². The highest BCUT2D eigenvalue weighted by Crippen LogP contribution is 2.38. The lowest BCUT2D eigenvalue weighted by atomic mass is 9.87. The molecule has 0 bridgehead atoms. The van der Waals surface area contributed by atoms with Crippen molar-refractivity contribution < 1.29 is 14.4 Å². The minimum atomic E-state index is -0.711. The van der Waals surface area contributed by atoms with Gasteiger partial charge >= 0.3 is 0 Å². The molecule has 8 nitrogen and oxygen atoms in total. The monoisotopic (exact) mass is 401 g/mol. The average Bonchev–Trinajstić information content (AvgIpc) is 3.40. The molecule has 3 amide bonds. The molecular weight excluding hydrogens is 370 g/mol. The smallest absolute Gasteiger partial charge is 0.243 e. The van der Waals surface area contributed by atoms with E-state index in [0.717, 1.165) is 45.1 Å². The molecule has 3 heterocycles. The van der Waals surface area contributed by atoms with Crippen LogP contribution in [0.3, 0.4) is 0 Å². The zero-order chi connectivity index (χ0) is 20.4. The van der Waals surface area contributed by atoms with Crippen LogP contribution in [0.4, 0.5) is 0 Å². The fraction of sp³-hybridized carbons (Fsp3) is 0.810. The molecule has 4 atom stereocenters. The minimum absolute atomic E-state index is 0.0432. The van der Waals surface area contributed by atoms with E-state index in [0.29, 0.717) is 38.3 Å². The molecule has 2 unspecified atom stereocenters. The first-order valence-corrected chi connectivity index (χ1v) is 11.1. The molecule has 0 aromatic carbocycles. The molecule has 1 spiro atoms. The van der Waals surface area contributed by atoms with Crippen molar-refractivity contribution in [2.75, 3.05) is 19.6 Å². The Kier molecular flexibility index (Phi) is 5.77. The molecule has 0 aromatic heterocycles. The predicted octanol–water partition coefficient (Wildman–Crippen LogP) is 0.434. The van der Waals surface area contributed by atoms with E-state index in [4.69, 9.17) is 0 Å². The second-order valence-electron chi connectivity index (χ2n) is 9.11. The maximum Gasteiger partial charge on any atom is 0.243 e. The van der Waals surface area contributed by atoms with Gasteiger partial charge in [0.2, 0.25) is 17.7 Å². The van der Waals surface area contributed by atoms with Crippen molar-refractivity contribution in [2.24, 2.45) is 11.8 Å². The highest BCUT2D eigenvalue weighted by molar-refractivity contribution is 5.94. The van der Waals surface area contributed by atoms with E-state index in [1.807, 2.05) is 0 Å². The number of nitriles is 1. The minimum Gasteiger partial charge on any atom is -0.356 e. The van der Waals surface area contributed by atoms with E-state index < -0.39 is 17.6 Å².